The number of nitrogens with zero attached hydrogens (tertiary/aromatic N) is 1. The molecule has 0 saturated carbocycles. The van der Waals surface area contributed by atoms with Gasteiger partial charge in [0.05, 0.1) is 17.9 Å². The number of benzene rings is 1. The van der Waals surface area contributed by atoms with Crippen molar-refractivity contribution < 1.29 is 14.4 Å². The Labute approximate surface area is 141 Å². The Bertz CT molecular complexity index is 573. The van der Waals surface area contributed by atoms with Crippen LogP contribution >= 0.6 is 11.8 Å². The lowest BCUT2D eigenvalue weighted by Gasteiger charge is -2.13. The molecule has 0 aliphatic rings. The Kier molecular flexibility index (Phi) is 7.61. The van der Waals surface area contributed by atoms with Crippen molar-refractivity contribution in [3.05, 3.63) is 29.8 Å². The van der Waals surface area contributed by atoms with Gasteiger partial charge in [0.15, 0.2) is 0 Å². The van der Waals surface area contributed by atoms with Crippen molar-refractivity contribution in [2.45, 2.75) is 24.8 Å². The van der Waals surface area contributed by atoms with Crippen LogP contribution in [0, 0.1) is 0 Å². The molecule has 0 unspecified atom stereocenters. The van der Waals surface area contributed by atoms with E-state index in [0.717, 1.165) is 0 Å². The van der Waals surface area contributed by atoms with Gasteiger partial charge in [0.1, 0.15) is 0 Å². The minimum atomic E-state index is -0.329. The molecule has 0 heterocycles. The minimum Gasteiger partial charge on any atom is -0.352 e. The molecule has 7 heteroatoms. The topological polar surface area (TPSA) is 78.5 Å². The SMILES string of the molecule is CC(C)NC(=O)CNC(=O)c1ccccc1SCC(=O)N(C)C. The molecule has 0 atom stereocenters. The smallest absolute Gasteiger partial charge is 0.252 e. The van der Waals surface area contributed by atoms with Gasteiger partial charge in [-0.05, 0) is 26.0 Å². The molecule has 0 saturated heterocycles. The highest BCUT2D eigenvalue weighted by Crippen LogP contribution is 2.22. The van der Waals surface area contributed by atoms with Crippen molar-refractivity contribution in [2.75, 3.05) is 26.4 Å². The normalized spacial score (nSPS) is 10.3. The van der Waals surface area contributed by atoms with E-state index < -0.39 is 0 Å². The highest BCUT2D eigenvalue weighted by molar-refractivity contribution is 8.00. The van der Waals surface area contributed by atoms with E-state index in [0.29, 0.717) is 10.5 Å². The highest BCUT2D eigenvalue weighted by Gasteiger charge is 2.14. The standard InChI is InChI=1S/C16H23N3O3S/c1-11(2)18-14(20)9-17-16(22)12-7-5-6-8-13(12)23-10-15(21)19(3)4/h5-8,11H,9-10H2,1-4H3,(H,17,22)(H,18,20). The number of rotatable bonds is 7. The quantitative estimate of drug-likeness (QED) is 0.731. The Morgan fingerprint density at radius 2 is 1.83 bits per heavy atom. The second-order valence-corrected chi connectivity index (χ2v) is 6.50. The van der Waals surface area contributed by atoms with Crippen molar-refractivity contribution in [1.82, 2.24) is 15.5 Å². The Hall–Kier alpha value is -2.02. The summed E-state index contributed by atoms with van der Waals surface area (Å²) >= 11 is 1.30. The first-order chi connectivity index (χ1) is 10.8. The Morgan fingerprint density at radius 3 is 2.43 bits per heavy atom. The summed E-state index contributed by atoms with van der Waals surface area (Å²) in [6.45, 7) is 3.63. The minimum absolute atomic E-state index is 0.0264. The summed E-state index contributed by atoms with van der Waals surface area (Å²) in [5, 5.41) is 5.30. The van der Waals surface area contributed by atoms with E-state index in [1.807, 2.05) is 19.9 Å². The average molecular weight is 337 g/mol. The molecular weight excluding hydrogens is 314 g/mol. The molecule has 0 aliphatic carbocycles. The molecular formula is C16H23N3O3S. The van der Waals surface area contributed by atoms with E-state index in [1.54, 1.807) is 32.3 Å². The molecule has 2 N–H and O–H groups in total. The summed E-state index contributed by atoms with van der Waals surface area (Å²) in [6, 6.07) is 7.06. The first-order valence-corrected chi connectivity index (χ1v) is 8.29. The maximum absolute atomic E-state index is 12.2. The zero-order valence-electron chi connectivity index (χ0n) is 13.9. The molecule has 6 nitrogen and oxygen atoms in total. The van der Waals surface area contributed by atoms with Crippen LogP contribution in [-0.4, -0.2) is 55.1 Å². The van der Waals surface area contributed by atoms with Crippen molar-refractivity contribution in [1.29, 1.82) is 0 Å². The van der Waals surface area contributed by atoms with Crippen LogP contribution in [0.1, 0.15) is 24.2 Å². The third-order valence-corrected chi connectivity index (χ3v) is 3.90. The Balaban J connectivity index is 2.66. The third kappa shape index (κ3) is 6.73. The number of hydrogen-bond donors (Lipinski definition) is 2. The van der Waals surface area contributed by atoms with E-state index in [9.17, 15) is 14.4 Å². The molecule has 1 aromatic rings. The number of carbonyl (C=O) groups is 3. The first-order valence-electron chi connectivity index (χ1n) is 7.30. The second-order valence-electron chi connectivity index (χ2n) is 5.48. The Morgan fingerprint density at radius 1 is 1.17 bits per heavy atom. The van der Waals surface area contributed by atoms with Gasteiger partial charge in [0.2, 0.25) is 11.8 Å². The molecule has 0 spiro atoms. The van der Waals surface area contributed by atoms with Gasteiger partial charge >= 0.3 is 0 Å². The fourth-order valence-corrected chi connectivity index (χ4v) is 2.71. The van der Waals surface area contributed by atoms with Crippen LogP contribution in [0.15, 0.2) is 29.2 Å². The van der Waals surface area contributed by atoms with Crippen LogP contribution in [0.4, 0.5) is 0 Å². The number of hydrogen-bond acceptors (Lipinski definition) is 4. The van der Waals surface area contributed by atoms with Gasteiger partial charge < -0.3 is 15.5 Å². The fraction of sp³-hybridized carbons (Fsp3) is 0.438. The van der Waals surface area contributed by atoms with E-state index in [2.05, 4.69) is 10.6 Å². The summed E-state index contributed by atoms with van der Waals surface area (Å²) in [5.74, 6) is -0.336. The second kappa shape index (κ2) is 9.19. The summed E-state index contributed by atoms with van der Waals surface area (Å²) in [6.07, 6.45) is 0. The zero-order chi connectivity index (χ0) is 17.4. The molecule has 3 amide bonds. The van der Waals surface area contributed by atoms with Crippen molar-refractivity contribution in [3.8, 4) is 0 Å². The van der Waals surface area contributed by atoms with Crippen LogP contribution in [0.2, 0.25) is 0 Å². The molecule has 0 aromatic heterocycles. The maximum Gasteiger partial charge on any atom is 0.252 e. The predicted molar refractivity (Wildman–Crippen MR) is 91.5 cm³/mol. The predicted octanol–water partition coefficient (Wildman–Crippen LogP) is 1.12. The van der Waals surface area contributed by atoms with Crippen LogP contribution in [-0.2, 0) is 9.59 Å². The lowest BCUT2D eigenvalue weighted by molar-refractivity contribution is -0.126. The summed E-state index contributed by atoms with van der Waals surface area (Å²) in [4.78, 5) is 37.7. The number of thioether (sulfide) groups is 1. The summed E-state index contributed by atoms with van der Waals surface area (Å²) < 4.78 is 0. The number of carbonyl (C=O) groups excluding carboxylic acids is 3. The van der Waals surface area contributed by atoms with Gasteiger partial charge in [0.25, 0.3) is 5.91 Å². The van der Waals surface area contributed by atoms with E-state index in [1.165, 1.54) is 16.7 Å². The first kappa shape index (κ1) is 19.0. The summed E-state index contributed by atoms with van der Waals surface area (Å²) in [5.41, 5.74) is 0.460. The van der Waals surface area contributed by atoms with Gasteiger partial charge in [-0.3, -0.25) is 14.4 Å². The van der Waals surface area contributed by atoms with Crippen molar-refractivity contribution in [3.63, 3.8) is 0 Å². The molecule has 126 valence electrons. The van der Waals surface area contributed by atoms with Gasteiger partial charge in [-0.25, -0.2) is 0 Å². The average Bonchev–Trinajstić information content (AvgIpc) is 2.49. The van der Waals surface area contributed by atoms with E-state index >= 15 is 0 Å². The third-order valence-electron chi connectivity index (χ3n) is 2.84. The van der Waals surface area contributed by atoms with Gasteiger partial charge in [0, 0.05) is 25.0 Å². The molecule has 0 radical (unpaired) electrons. The van der Waals surface area contributed by atoms with Crippen LogP contribution in [0.5, 0.6) is 0 Å². The molecule has 0 aliphatic heterocycles. The summed E-state index contributed by atoms with van der Waals surface area (Å²) in [7, 11) is 3.38. The number of amides is 3. The van der Waals surface area contributed by atoms with Gasteiger partial charge in [-0.1, -0.05) is 12.1 Å². The monoisotopic (exact) mass is 337 g/mol. The maximum atomic E-state index is 12.2. The molecule has 23 heavy (non-hydrogen) atoms. The largest absolute Gasteiger partial charge is 0.352 e. The van der Waals surface area contributed by atoms with Gasteiger partial charge in [-0.2, -0.15) is 0 Å². The zero-order valence-corrected chi connectivity index (χ0v) is 14.7. The number of nitrogens with one attached hydrogen (secondary N) is 2. The molecule has 0 bridgehead atoms. The van der Waals surface area contributed by atoms with Crippen molar-refractivity contribution in [2.24, 2.45) is 0 Å². The highest BCUT2D eigenvalue weighted by atomic mass is 32.2. The fourth-order valence-electron chi connectivity index (χ4n) is 1.68. The van der Waals surface area contributed by atoms with E-state index in [4.69, 9.17) is 0 Å². The van der Waals surface area contributed by atoms with Crippen LogP contribution in [0.3, 0.4) is 0 Å². The van der Waals surface area contributed by atoms with Crippen LogP contribution < -0.4 is 10.6 Å². The van der Waals surface area contributed by atoms with Crippen molar-refractivity contribution >= 4 is 29.5 Å². The van der Waals surface area contributed by atoms with E-state index in [-0.39, 0.29) is 36.1 Å². The molecule has 0 fully saturated rings. The lowest BCUT2D eigenvalue weighted by atomic mass is 10.2. The lowest BCUT2D eigenvalue weighted by Crippen LogP contribution is -2.39. The van der Waals surface area contributed by atoms with Crippen LogP contribution in [0.25, 0.3) is 0 Å². The molecule has 1 aromatic carbocycles. The molecule has 1 rings (SSSR count). The van der Waals surface area contributed by atoms with Gasteiger partial charge in [-0.15, -0.1) is 11.8 Å².